The van der Waals surface area contributed by atoms with E-state index in [2.05, 4.69) is 5.32 Å². The van der Waals surface area contributed by atoms with Crippen LogP contribution in [0, 0.1) is 5.92 Å². The largest absolute Gasteiger partial charge is 0.497 e. The number of rotatable bonds is 6. The SMILES string of the molecule is COc1ccc(C(=O)NCCC(O)C(C)C)cc1. The van der Waals surface area contributed by atoms with Crippen LogP contribution in [0.2, 0.25) is 0 Å². The fourth-order valence-electron chi connectivity index (χ4n) is 1.51. The molecule has 4 nitrogen and oxygen atoms in total. The second-order valence-electron chi connectivity index (χ2n) is 4.58. The summed E-state index contributed by atoms with van der Waals surface area (Å²) in [6, 6.07) is 6.93. The number of methoxy groups -OCH3 is 1. The Morgan fingerprint density at radius 2 is 1.94 bits per heavy atom. The molecule has 1 rings (SSSR count). The average molecular weight is 251 g/mol. The lowest BCUT2D eigenvalue weighted by Crippen LogP contribution is -2.28. The van der Waals surface area contributed by atoms with Crippen LogP contribution in [0.3, 0.4) is 0 Å². The lowest BCUT2D eigenvalue weighted by molar-refractivity contribution is 0.0920. The minimum absolute atomic E-state index is 0.131. The van der Waals surface area contributed by atoms with Crippen molar-refractivity contribution in [3.8, 4) is 5.75 Å². The van der Waals surface area contributed by atoms with E-state index in [-0.39, 0.29) is 17.9 Å². The smallest absolute Gasteiger partial charge is 0.251 e. The number of carbonyl (C=O) groups is 1. The molecule has 0 aliphatic heterocycles. The fraction of sp³-hybridized carbons (Fsp3) is 0.500. The van der Waals surface area contributed by atoms with Gasteiger partial charge in [-0.15, -0.1) is 0 Å². The molecule has 0 aliphatic rings. The zero-order chi connectivity index (χ0) is 13.5. The first-order valence-corrected chi connectivity index (χ1v) is 6.15. The van der Waals surface area contributed by atoms with E-state index in [0.717, 1.165) is 5.75 Å². The van der Waals surface area contributed by atoms with E-state index in [9.17, 15) is 9.90 Å². The maximum Gasteiger partial charge on any atom is 0.251 e. The number of ether oxygens (including phenoxy) is 1. The summed E-state index contributed by atoms with van der Waals surface area (Å²) in [5.74, 6) is 0.804. The molecule has 0 aliphatic carbocycles. The van der Waals surface area contributed by atoms with Crippen molar-refractivity contribution >= 4 is 5.91 Å². The second-order valence-corrected chi connectivity index (χ2v) is 4.58. The summed E-state index contributed by atoms with van der Waals surface area (Å²) in [6.45, 7) is 4.39. The van der Waals surface area contributed by atoms with Gasteiger partial charge in [-0.25, -0.2) is 0 Å². The Labute approximate surface area is 108 Å². The zero-order valence-electron chi connectivity index (χ0n) is 11.1. The summed E-state index contributed by atoms with van der Waals surface area (Å²) >= 11 is 0. The van der Waals surface area contributed by atoms with E-state index in [1.165, 1.54) is 0 Å². The van der Waals surface area contributed by atoms with Crippen LogP contribution in [0.5, 0.6) is 5.75 Å². The molecule has 18 heavy (non-hydrogen) atoms. The minimum atomic E-state index is -0.374. The predicted octanol–water partition coefficient (Wildman–Crippen LogP) is 1.83. The summed E-state index contributed by atoms with van der Waals surface area (Å²) in [7, 11) is 1.59. The Morgan fingerprint density at radius 1 is 1.33 bits per heavy atom. The molecule has 100 valence electrons. The minimum Gasteiger partial charge on any atom is -0.497 e. The maximum absolute atomic E-state index is 11.8. The number of amides is 1. The van der Waals surface area contributed by atoms with Crippen LogP contribution in [-0.4, -0.2) is 30.8 Å². The van der Waals surface area contributed by atoms with Gasteiger partial charge in [-0.1, -0.05) is 13.8 Å². The van der Waals surface area contributed by atoms with Crippen LogP contribution in [0.4, 0.5) is 0 Å². The van der Waals surface area contributed by atoms with Gasteiger partial charge < -0.3 is 15.2 Å². The third-order valence-corrected chi connectivity index (χ3v) is 2.85. The summed E-state index contributed by atoms with van der Waals surface area (Å²) in [5.41, 5.74) is 0.592. The van der Waals surface area contributed by atoms with Crippen LogP contribution in [0.15, 0.2) is 24.3 Å². The molecule has 0 heterocycles. The zero-order valence-corrected chi connectivity index (χ0v) is 11.1. The standard InChI is InChI=1S/C14H21NO3/c1-10(2)13(16)8-9-15-14(17)11-4-6-12(18-3)7-5-11/h4-7,10,13,16H,8-9H2,1-3H3,(H,15,17). The summed E-state index contributed by atoms with van der Waals surface area (Å²) < 4.78 is 5.02. The van der Waals surface area contributed by atoms with E-state index in [4.69, 9.17) is 4.74 Å². The molecule has 1 aromatic carbocycles. The quantitative estimate of drug-likeness (QED) is 0.811. The highest BCUT2D eigenvalue weighted by molar-refractivity contribution is 5.94. The number of carbonyl (C=O) groups excluding carboxylic acids is 1. The molecule has 4 heteroatoms. The third-order valence-electron chi connectivity index (χ3n) is 2.85. The molecular weight excluding hydrogens is 230 g/mol. The van der Waals surface area contributed by atoms with Crippen LogP contribution in [0.25, 0.3) is 0 Å². The topological polar surface area (TPSA) is 58.6 Å². The lowest BCUT2D eigenvalue weighted by Gasteiger charge is -2.14. The molecule has 0 spiro atoms. The van der Waals surface area contributed by atoms with E-state index in [1.54, 1.807) is 31.4 Å². The molecule has 0 fully saturated rings. The van der Waals surface area contributed by atoms with Gasteiger partial charge in [-0.05, 0) is 36.6 Å². The highest BCUT2D eigenvalue weighted by Crippen LogP contribution is 2.11. The lowest BCUT2D eigenvalue weighted by atomic mass is 10.0. The number of aliphatic hydroxyl groups is 1. The Bertz CT molecular complexity index is 373. The Kier molecular flexibility index (Phi) is 5.65. The fourth-order valence-corrected chi connectivity index (χ4v) is 1.51. The van der Waals surface area contributed by atoms with Gasteiger partial charge >= 0.3 is 0 Å². The molecule has 2 N–H and O–H groups in total. The van der Waals surface area contributed by atoms with Gasteiger partial charge in [0.25, 0.3) is 5.91 Å². The van der Waals surface area contributed by atoms with Gasteiger partial charge in [0, 0.05) is 12.1 Å². The normalized spacial score (nSPS) is 12.3. The van der Waals surface area contributed by atoms with Crippen molar-refractivity contribution < 1.29 is 14.6 Å². The van der Waals surface area contributed by atoms with E-state index < -0.39 is 0 Å². The van der Waals surface area contributed by atoms with Gasteiger partial charge in [-0.3, -0.25) is 4.79 Å². The Morgan fingerprint density at radius 3 is 2.44 bits per heavy atom. The molecule has 1 unspecified atom stereocenters. The van der Waals surface area contributed by atoms with Crippen molar-refractivity contribution in [2.45, 2.75) is 26.4 Å². The van der Waals surface area contributed by atoms with Crippen molar-refractivity contribution in [3.05, 3.63) is 29.8 Å². The number of nitrogens with one attached hydrogen (secondary N) is 1. The number of benzene rings is 1. The molecule has 1 aromatic rings. The van der Waals surface area contributed by atoms with Gasteiger partial charge in [0.15, 0.2) is 0 Å². The monoisotopic (exact) mass is 251 g/mol. The van der Waals surface area contributed by atoms with Crippen LogP contribution in [-0.2, 0) is 0 Å². The van der Waals surface area contributed by atoms with Crippen LogP contribution >= 0.6 is 0 Å². The second kappa shape index (κ2) is 7.01. The Balaban J connectivity index is 2.40. The van der Waals surface area contributed by atoms with Crippen LogP contribution < -0.4 is 10.1 Å². The first-order valence-electron chi connectivity index (χ1n) is 6.15. The maximum atomic E-state index is 11.8. The Hall–Kier alpha value is -1.55. The van der Waals surface area contributed by atoms with Crippen molar-refractivity contribution in [2.24, 2.45) is 5.92 Å². The molecule has 0 aromatic heterocycles. The average Bonchev–Trinajstić information content (AvgIpc) is 2.38. The van der Waals surface area contributed by atoms with Crippen molar-refractivity contribution in [3.63, 3.8) is 0 Å². The van der Waals surface area contributed by atoms with E-state index in [0.29, 0.717) is 18.5 Å². The van der Waals surface area contributed by atoms with Crippen LogP contribution in [0.1, 0.15) is 30.6 Å². The number of aliphatic hydroxyl groups excluding tert-OH is 1. The first-order chi connectivity index (χ1) is 8.54. The predicted molar refractivity (Wildman–Crippen MR) is 70.8 cm³/mol. The molecule has 0 radical (unpaired) electrons. The van der Waals surface area contributed by atoms with E-state index in [1.807, 2.05) is 13.8 Å². The summed E-state index contributed by atoms with van der Waals surface area (Å²) in [5, 5.41) is 12.4. The highest BCUT2D eigenvalue weighted by Gasteiger charge is 2.10. The van der Waals surface area contributed by atoms with Gasteiger partial charge in [-0.2, -0.15) is 0 Å². The molecule has 0 saturated carbocycles. The van der Waals surface area contributed by atoms with Gasteiger partial charge in [0.05, 0.1) is 13.2 Å². The number of hydrogen-bond donors (Lipinski definition) is 2. The first kappa shape index (κ1) is 14.5. The molecular formula is C14H21NO3. The van der Waals surface area contributed by atoms with Crippen molar-refractivity contribution in [1.29, 1.82) is 0 Å². The highest BCUT2D eigenvalue weighted by atomic mass is 16.5. The van der Waals surface area contributed by atoms with Crippen molar-refractivity contribution in [2.75, 3.05) is 13.7 Å². The van der Waals surface area contributed by atoms with Crippen molar-refractivity contribution in [1.82, 2.24) is 5.32 Å². The molecule has 0 bridgehead atoms. The summed E-state index contributed by atoms with van der Waals surface area (Å²) in [6.07, 6.45) is 0.195. The van der Waals surface area contributed by atoms with Gasteiger partial charge in [0.2, 0.25) is 0 Å². The molecule has 1 amide bonds. The number of hydrogen-bond acceptors (Lipinski definition) is 3. The molecule has 1 atom stereocenters. The van der Waals surface area contributed by atoms with E-state index >= 15 is 0 Å². The molecule has 0 saturated heterocycles. The third kappa shape index (κ3) is 4.37. The summed E-state index contributed by atoms with van der Waals surface area (Å²) in [4.78, 5) is 11.8. The van der Waals surface area contributed by atoms with Gasteiger partial charge in [0.1, 0.15) is 5.75 Å².